The SMILES string of the molecule is Nc1ccc(N=Nc2ccccc2S(=O)(=O)O)c(S(=O)(=O)O)c1. The summed E-state index contributed by atoms with van der Waals surface area (Å²) in [6, 6.07) is 8.70. The molecule has 0 aliphatic carbocycles. The lowest BCUT2D eigenvalue weighted by molar-refractivity contribution is 0.481. The van der Waals surface area contributed by atoms with E-state index in [1.165, 1.54) is 30.3 Å². The van der Waals surface area contributed by atoms with Crippen LogP contribution in [-0.4, -0.2) is 25.9 Å². The van der Waals surface area contributed by atoms with Crippen molar-refractivity contribution in [2.24, 2.45) is 10.2 Å². The molecule has 0 aliphatic heterocycles. The quantitative estimate of drug-likeness (QED) is 0.429. The maximum atomic E-state index is 11.3. The average molecular weight is 357 g/mol. The van der Waals surface area contributed by atoms with E-state index in [-0.39, 0.29) is 17.1 Å². The van der Waals surface area contributed by atoms with Crippen molar-refractivity contribution in [3.8, 4) is 0 Å². The number of benzene rings is 2. The Morgan fingerprint density at radius 2 is 1.30 bits per heavy atom. The highest BCUT2D eigenvalue weighted by Crippen LogP contribution is 2.30. The van der Waals surface area contributed by atoms with Crippen LogP contribution in [0.2, 0.25) is 0 Å². The number of nitrogen functional groups attached to an aromatic ring is 1. The van der Waals surface area contributed by atoms with Gasteiger partial charge in [0.2, 0.25) is 0 Å². The van der Waals surface area contributed by atoms with Gasteiger partial charge in [-0.05, 0) is 30.3 Å². The first-order valence-corrected chi connectivity index (χ1v) is 8.82. The van der Waals surface area contributed by atoms with Gasteiger partial charge < -0.3 is 5.73 Å². The van der Waals surface area contributed by atoms with E-state index < -0.39 is 30.0 Å². The van der Waals surface area contributed by atoms with Crippen LogP contribution in [0.15, 0.2) is 62.5 Å². The van der Waals surface area contributed by atoms with Gasteiger partial charge in [-0.1, -0.05) is 12.1 Å². The van der Waals surface area contributed by atoms with Gasteiger partial charge in [-0.15, -0.1) is 10.2 Å². The molecule has 2 rings (SSSR count). The molecule has 11 heteroatoms. The van der Waals surface area contributed by atoms with Crippen molar-refractivity contribution >= 4 is 37.3 Å². The van der Waals surface area contributed by atoms with Gasteiger partial charge in [-0.25, -0.2) is 0 Å². The highest BCUT2D eigenvalue weighted by molar-refractivity contribution is 7.86. The van der Waals surface area contributed by atoms with Gasteiger partial charge in [0.05, 0.1) is 0 Å². The van der Waals surface area contributed by atoms with Crippen molar-refractivity contribution in [2.75, 3.05) is 5.73 Å². The largest absolute Gasteiger partial charge is 0.399 e. The zero-order chi connectivity index (χ0) is 17.3. The van der Waals surface area contributed by atoms with Crippen molar-refractivity contribution < 1.29 is 25.9 Å². The van der Waals surface area contributed by atoms with E-state index in [4.69, 9.17) is 14.8 Å². The Balaban J connectivity index is 2.56. The third-order valence-corrected chi connectivity index (χ3v) is 4.45. The van der Waals surface area contributed by atoms with Crippen LogP contribution in [0.5, 0.6) is 0 Å². The second-order valence-electron chi connectivity index (χ2n) is 4.35. The third-order valence-electron chi connectivity index (χ3n) is 2.67. The molecule has 0 aromatic heterocycles. The molecule has 0 spiro atoms. The second-order valence-corrected chi connectivity index (χ2v) is 7.12. The topological polar surface area (TPSA) is 159 Å². The zero-order valence-electron chi connectivity index (χ0n) is 11.4. The summed E-state index contributed by atoms with van der Waals surface area (Å²) in [4.78, 5) is -1.07. The predicted octanol–water partition coefficient (Wildman–Crippen LogP) is 2.18. The Morgan fingerprint density at radius 1 is 0.783 bits per heavy atom. The van der Waals surface area contributed by atoms with E-state index in [0.29, 0.717) is 0 Å². The van der Waals surface area contributed by atoms with Crippen molar-refractivity contribution in [3.63, 3.8) is 0 Å². The van der Waals surface area contributed by atoms with E-state index in [0.717, 1.165) is 12.1 Å². The minimum absolute atomic E-state index is 0.0786. The molecule has 0 radical (unpaired) electrons. The molecule has 2 aromatic carbocycles. The molecule has 0 aliphatic rings. The lowest BCUT2D eigenvalue weighted by atomic mass is 10.3. The van der Waals surface area contributed by atoms with Gasteiger partial charge in [0.15, 0.2) is 0 Å². The minimum atomic E-state index is -4.60. The first-order chi connectivity index (χ1) is 10.6. The Bertz CT molecular complexity index is 984. The van der Waals surface area contributed by atoms with E-state index in [2.05, 4.69) is 10.2 Å². The van der Waals surface area contributed by atoms with Crippen LogP contribution in [0.25, 0.3) is 0 Å². The number of hydrogen-bond donors (Lipinski definition) is 3. The molecule has 2 aromatic rings. The highest BCUT2D eigenvalue weighted by atomic mass is 32.2. The van der Waals surface area contributed by atoms with E-state index >= 15 is 0 Å². The second kappa shape index (κ2) is 6.04. The Morgan fingerprint density at radius 3 is 1.87 bits per heavy atom. The first-order valence-electron chi connectivity index (χ1n) is 5.94. The predicted molar refractivity (Wildman–Crippen MR) is 81.1 cm³/mol. The first kappa shape index (κ1) is 17.0. The van der Waals surface area contributed by atoms with E-state index in [1.807, 2.05) is 0 Å². The van der Waals surface area contributed by atoms with Gasteiger partial charge in [0, 0.05) is 5.69 Å². The highest BCUT2D eigenvalue weighted by Gasteiger charge is 2.17. The number of nitrogens with two attached hydrogens (primary N) is 1. The van der Waals surface area contributed by atoms with Crippen molar-refractivity contribution in [1.82, 2.24) is 0 Å². The normalized spacial score (nSPS) is 12.6. The van der Waals surface area contributed by atoms with Gasteiger partial charge in [-0.3, -0.25) is 9.11 Å². The molecule has 0 amide bonds. The van der Waals surface area contributed by atoms with Crippen LogP contribution in [-0.2, 0) is 20.2 Å². The molecular weight excluding hydrogens is 346 g/mol. The van der Waals surface area contributed by atoms with Crippen LogP contribution < -0.4 is 5.73 Å². The molecule has 0 saturated carbocycles. The number of hydrogen-bond acceptors (Lipinski definition) is 7. The molecule has 0 heterocycles. The van der Waals surface area contributed by atoms with Crippen LogP contribution in [0.1, 0.15) is 0 Å². The summed E-state index contributed by atoms with van der Waals surface area (Å²) in [5.74, 6) is 0. The number of rotatable bonds is 4. The van der Waals surface area contributed by atoms with Gasteiger partial charge in [0.25, 0.3) is 20.2 Å². The Kier molecular flexibility index (Phi) is 4.47. The maximum absolute atomic E-state index is 11.3. The fraction of sp³-hybridized carbons (Fsp3) is 0. The fourth-order valence-electron chi connectivity index (χ4n) is 1.69. The van der Waals surface area contributed by atoms with E-state index in [1.54, 1.807) is 0 Å². The van der Waals surface area contributed by atoms with Crippen LogP contribution in [0, 0.1) is 0 Å². The monoisotopic (exact) mass is 357 g/mol. The molecular formula is C12H11N3O6S2. The summed E-state index contributed by atoms with van der Waals surface area (Å²) in [5, 5.41) is 7.23. The summed E-state index contributed by atoms with van der Waals surface area (Å²) in [6.45, 7) is 0. The summed E-state index contributed by atoms with van der Waals surface area (Å²) >= 11 is 0. The molecule has 122 valence electrons. The van der Waals surface area contributed by atoms with Crippen molar-refractivity contribution in [1.29, 1.82) is 0 Å². The molecule has 0 saturated heterocycles. The number of azo groups is 1. The Hall–Kier alpha value is -2.34. The van der Waals surface area contributed by atoms with Crippen molar-refractivity contribution in [2.45, 2.75) is 9.79 Å². The smallest absolute Gasteiger partial charge is 0.296 e. The molecule has 0 unspecified atom stereocenters. The zero-order valence-corrected chi connectivity index (χ0v) is 13.0. The molecule has 0 atom stereocenters. The summed E-state index contributed by atoms with van der Waals surface area (Å²) in [5.41, 5.74) is 5.09. The standard InChI is InChI=1S/C12H11N3O6S2/c13-8-5-6-10(12(7-8)23(19,20)21)15-14-9-3-1-2-4-11(9)22(16,17)18/h1-7H,13H2,(H,16,17,18)(H,19,20,21). The summed E-state index contributed by atoms with van der Waals surface area (Å²) in [6.07, 6.45) is 0. The van der Waals surface area contributed by atoms with Gasteiger partial charge >= 0.3 is 0 Å². The van der Waals surface area contributed by atoms with E-state index in [9.17, 15) is 16.8 Å². The molecule has 23 heavy (non-hydrogen) atoms. The minimum Gasteiger partial charge on any atom is -0.399 e. The lowest BCUT2D eigenvalue weighted by Gasteiger charge is -2.04. The summed E-state index contributed by atoms with van der Waals surface area (Å²) < 4.78 is 63.3. The fourth-order valence-corrected chi connectivity index (χ4v) is 2.97. The number of nitrogens with zero attached hydrogens (tertiary/aromatic N) is 2. The van der Waals surface area contributed by atoms with Crippen LogP contribution in [0.4, 0.5) is 17.1 Å². The molecule has 4 N–H and O–H groups in total. The molecule has 0 bridgehead atoms. The molecule has 0 fully saturated rings. The summed E-state index contributed by atoms with van der Waals surface area (Å²) in [7, 11) is -9.12. The van der Waals surface area contributed by atoms with Crippen LogP contribution in [0.3, 0.4) is 0 Å². The van der Waals surface area contributed by atoms with Crippen molar-refractivity contribution in [3.05, 3.63) is 42.5 Å². The Labute approximate surface area is 132 Å². The average Bonchev–Trinajstić information content (AvgIpc) is 2.44. The van der Waals surface area contributed by atoms with Gasteiger partial charge in [0.1, 0.15) is 21.2 Å². The third kappa shape index (κ3) is 4.10. The lowest BCUT2D eigenvalue weighted by Crippen LogP contribution is -2.00. The van der Waals surface area contributed by atoms with Crippen LogP contribution >= 0.6 is 0 Å². The maximum Gasteiger partial charge on any atom is 0.296 e. The van der Waals surface area contributed by atoms with Gasteiger partial charge in [-0.2, -0.15) is 16.8 Å². The number of anilines is 1. The molecule has 9 nitrogen and oxygen atoms in total.